The summed E-state index contributed by atoms with van der Waals surface area (Å²) in [6.07, 6.45) is 5.93. The third-order valence-electron chi connectivity index (χ3n) is 6.43. The maximum absolute atomic E-state index is 5.96. The molecule has 5 rings (SSSR count). The summed E-state index contributed by atoms with van der Waals surface area (Å²) < 4.78 is 8.22. The van der Waals surface area contributed by atoms with Crippen molar-refractivity contribution >= 4 is 0 Å². The summed E-state index contributed by atoms with van der Waals surface area (Å²) in [7, 11) is 0. The first-order chi connectivity index (χ1) is 17.3. The van der Waals surface area contributed by atoms with Gasteiger partial charge in [0.15, 0.2) is 0 Å². The summed E-state index contributed by atoms with van der Waals surface area (Å²) in [5.41, 5.74) is 5.34. The van der Waals surface area contributed by atoms with Crippen molar-refractivity contribution in [2.75, 3.05) is 6.61 Å². The smallest absolute Gasteiger partial charge is 0.121 e. The van der Waals surface area contributed by atoms with Crippen molar-refractivity contribution in [1.82, 2.24) is 9.55 Å². The SMILES string of the molecule is Cc1cccc(OCCCc2cn(C(c3ccccc3)(c3ccccc3)c3ccccc3)cn2)c1. The van der Waals surface area contributed by atoms with Gasteiger partial charge in [-0.25, -0.2) is 4.98 Å². The number of hydrogen-bond donors (Lipinski definition) is 0. The Hall–Kier alpha value is -4.11. The van der Waals surface area contributed by atoms with E-state index in [2.05, 4.69) is 121 Å². The van der Waals surface area contributed by atoms with Crippen LogP contribution in [-0.4, -0.2) is 16.2 Å². The Labute approximate surface area is 207 Å². The standard InChI is InChI=1S/C32H30N2O/c1-26-13-11-21-31(23-26)35-22-12-20-30-24-34(25-33-30)32(27-14-5-2-6-15-27,28-16-7-3-8-17-28)29-18-9-4-10-19-29/h2-11,13-19,21,23-25H,12,20,22H2,1H3. The van der Waals surface area contributed by atoms with E-state index in [1.54, 1.807) is 0 Å². The molecule has 0 fully saturated rings. The molecule has 3 heteroatoms. The predicted octanol–water partition coefficient (Wildman–Crippen LogP) is 7.04. The number of hydrogen-bond acceptors (Lipinski definition) is 2. The van der Waals surface area contributed by atoms with Crippen LogP contribution >= 0.6 is 0 Å². The molecule has 5 aromatic rings. The molecule has 35 heavy (non-hydrogen) atoms. The van der Waals surface area contributed by atoms with Crippen LogP contribution in [0.5, 0.6) is 5.75 Å². The van der Waals surface area contributed by atoms with Gasteiger partial charge in [0.2, 0.25) is 0 Å². The van der Waals surface area contributed by atoms with Crippen molar-refractivity contribution < 1.29 is 4.74 Å². The summed E-state index contributed by atoms with van der Waals surface area (Å²) in [5.74, 6) is 0.923. The van der Waals surface area contributed by atoms with Crippen LogP contribution in [0.3, 0.4) is 0 Å². The van der Waals surface area contributed by atoms with E-state index in [0.29, 0.717) is 6.61 Å². The fraction of sp³-hybridized carbons (Fsp3) is 0.156. The zero-order chi connectivity index (χ0) is 23.9. The van der Waals surface area contributed by atoms with Crippen LogP contribution in [0.1, 0.15) is 34.4 Å². The molecule has 0 amide bonds. The topological polar surface area (TPSA) is 27.1 Å². The average Bonchev–Trinajstić information content (AvgIpc) is 3.38. The molecule has 0 radical (unpaired) electrons. The first kappa shape index (κ1) is 22.7. The molecule has 0 N–H and O–H groups in total. The van der Waals surface area contributed by atoms with Gasteiger partial charge < -0.3 is 9.30 Å². The third-order valence-corrected chi connectivity index (χ3v) is 6.43. The molecule has 3 nitrogen and oxygen atoms in total. The summed E-state index contributed by atoms with van der Waals surface area (Å²) in [5, 5.41) is 0. The van der Waals surface area contributed by atoms with Gasteiger partial charge in [0.25, 0.3) is 0 Å². The summed E-state index contributed by atoms with van der Waals surface area (Å²) >= 11 is 0. The second-order valence-corrected chi connectivity index (χ2v) is 8.85. The Kier molecular flexibility index (Phi) is 6.76. The van der Waals surface area contributed by atoms with Crippen LogP contribution < -0.4 is 4.74 Å². The normalized spacial score (nSPS) is 11.3. The van der Waals surface area contributed by atoms with E-state index in [1.807, 2.05) is 18.5 Å². The average molecular weight is 459 g/mol. The molecule has 0 atom stereocenters. The Morgan fingerprint density at radius 3 is 1.83 bits per heavy atom. The molecule has 0 unspecified atom stereocenters. The van der Waals surface area contributed by atoms with Crippen LogP contribution in [0.2, 0.25) is 0 Å². The Morgan fingerprint density at radius 2 is 1.29 bits per heavy atom. The quantitative estimate of drug-likeness (QED) is 0.175. The van der Waals surface area contributed by atoms with E-state index in [4.69, 9.17) is 9.72 Å². The maximum atomic E-state index is 5.96. The largest absolute Gasteiger partial charge is 0.494 e. The molecule has 1 heterocycles. The molecule has 0 saturated carbocycles. The lowest BCUT2D eigenvalue weighted by atomic mass is 9.77. The van der Waals surface area contributed by atoms with E-state index < -0.39 is 5.54 Å². The highest BCUT2D eigenvalue weighted by Gasteiger charge is 2.38. The minimum absolute atomic E-state index is 0.521. The summed E-state index contributed by atoms with van der Waals surface area (Å²) in [4.78, 5) is 4.82. The number of nitrogens with zero attached hydrogens (tertiary/aromatic N) is 2. The first-order valence-corrected chi connectivity index (χ1v) is 12.2. The molecular weight excluding hydrogens is 428 g/mol. The monoisotopic (exact) mass is 458 g/mol. The highest BCUT2D eigenvalue weighted by atomic mass is 16.5. The number of rotatable bonds is 9. The zero-order valence-electron chi connectivity index (χ0n) is 20.0. The molecule has 174 valence electrons. The van der Waals surface area contributed by atoms with Crippen molar-refractivity contribution in [3.05, 3.63) is 156 Å². The highest BCUT2D eigenvalue weighted by Crippen LogP contribution is 2.40. The van der Waals surface area contributed by atoms with Crippen LogP contribution in [0.15, 0.2) is 128 Å². The molecule has 0 aliphatic heterocycles. The minimum Gasteiger partial charge on any atom is -0.494 e. The fourth-order valence-electron chi connectivity index (χ4n) is 4.81. The Balaban J connectivity index is 1.47. The molecule has 0 bridgehead atoms. The molecular formula is C32H30N2O. The van der Waals surface area contributed by atoms with Crippen LogP contribution in [0.4, 0.5) is 0 Å². The van der Waals surface area contributed by atoms with Crippen molar-refractivity contribution in [2.45, 2.75) is 25.3 Å². The third kappa shape index (κ3) is 4.76. The van der Waals surface area contributed by atoms with Crippen LogP contribution in [0.25, 0.3) is 0 Å². The van der Waals surface area contributed by atoms with Crippen LogP contribution in [0, 0.1) is 6.92 Å². The van der Waals surface area contributed by atoms with Gasteiger partial charge in [-0.05, 0) is 54.2 Å². The lowest BCUT2D eigenvalue weighted by molar-refractivity contribution is 0.310. The molecule has 0 spiro atoms. The molecule has 0 aliphatic rings. The lowest BCUT2D eigenvalue weighted by Crippen LogP contribution is -2.36. The van der Waals surface area contributed by atoms with Crippen molar-refractivity contribution in [1.29, 1.82) is 0 Å². The van der Waals surface area contributed by atoms with Gasteiger partial charge in [0, 0.05) is 6.20 Å². The second kappa shape index (κ2) is 10.4. The van der Waals surface area contributed by atoms with Gasteiger partial charge in [-0.3, -0.25) is 0 Å². The van der Waals surface area contributed by atoms with Gasteiger partial charge in [0.05, 0.1) is 18.6 Å². The summed E-state index contributed by atoms with van der Waals surface area (Å²) in [6, 6.07) is 40.3. The van der Waals surface area contributed by atoms with Crippen molar-refractivity contribution in [3.63, 3.8) is 0 Å². The van der Waals surface area contributed by atoms with Crippen molar-refractivity contribution in [2.24, 2.45) is 0 Å². The van der Waals surface area contributed by atoms with E-state index in [9.17, 15) is 0 Å². The highest BCUT2D eigenvalue weighted by molar-refractivity contribution is 5.50. The maximum Gasteiger partial charge on any atom is 0.121 e. The van der Waals surface area contributed by atoms with Gasteiger partial charge >= 0.3 is 0 Å². The molecule has 0 saturated heterocycles. The van der Waals surface area contributed by atoms with Crippen LogP contribution in [-0.2, 0) is 12.0 Å². The summed E-state index contributed by atoms with van der Waals surface area (Å²) in [6.45, 7) is 2.75. The molecule has 0 aliphatic carbocycles. The van der Waals surface area contributed by atoms with E-state index in [0.717, 1.165) is 24.3 Å². The van der Waals surface area contributed by atoms with E-state index in [1.165, 1.54) is 22.3 Å². The van der Waals surface area contributed by atoms with E-state index >= 15 is 0 Å². The zero-order valence-corrected chi connectivity index (χ0v) is 20.0. The van der Waals surface area contributed by atoms with Gasteiger partial charge in [0.1, 0.15) is 11.3 Å². The fourth-order valence-corrected chi connectivity index (χ4v) is 4.81. The lowest BCUT2D eigenvalue weighted by Gasteiger charge is -2.37. The van der Waals surface area contributed by atoms with Crippen molar-refractivity contribution in [3.8, 4) is 5.75 Å². The second-order valence-electron chi connectivity index (χ2n) is 8.85. The molecule has 4 aromatic carbocycles. The van der Waals surface area contributed by atoms with E-state index in [-0.39, 0.29) is 0 Å². The van der Waals surface area contributed by atoms with Gasteiger partial charge in [-0.15, -0.1) is 0 Å². The number of benzene rings is 4. The first-order valence-electron chi connectivity index (χ1n) is 12.2. The van der Waals surface area contributed by atoms with Gasteiger partial charge in [-0.2, -0.15) is 0 Å². The minimum atomic E-state index is -0.521. The number of imidazole rings is 1. The predicted molar refractivity (Wildman–Crippen MR) is 142 cm³/mol. The van der Waals surface area contributed by atoms with Gasteiger partial charge in [-0.1, -0.05) is 103 Å². The Bertz CT molecular complexity index is 1250. The number of aromatic nitrogens is 2. The Morgan fingerprint density at radius 1 is 0.714 bits per heavy atom. The number of ether oxygens (including phenoxy) is 1. The molecule has 1 aromatic heterocycles. The number of aryl methyl sites for hydroxylation is 2.